The van der Waals surface area contributed by atoms with Crippen LogP contribution in [-0.2, 0) is 6.42 Å². The monoisotopic (exact) mass is 235 g/mol. The Morgan fingerprint density at radius 2 is 2.24 bits per heavy atom. The van der Waals surface area contributed by atoms with Crippen LogP contribution in [0.4, 0.5) is 0 Å². The molecule has 3 N–H and O–H groups in total. The van der Waals surface area contributed by atoms with Crippen molar-refractivity contribution in [3.63, 3.8) is 0 Å². The number of fused-ring (bicyclic) bond motifs is 1. The number of nitrogens with one attached hydrogen (secondary N) is 1. The summed E-state index contributed by atoms with van der Waals surface area (Å²) in [5.74, 6) is -0.237. The number of aromatic nitrogens is 3. The highest BCUT2D eigenvalue weighted by Gasteiger charge is 2.08. The van der Waals surface area contributed by atoms with E-state index in [1.807, 2.05) is 0 Å². The number of rotatable bonds is 5. The van der Waals surface area contributed by atoms with Crippen LogP contribution in [0.5, 0.6) is 0 Å². The van der Waals surface area contributed by atoms with Crippen LogP contribution in [0.15, 0.2) is 12.3 Å². The summed E-state index contributed by atoms with van der Waals surface area (Å²) in [6.45, 7) is 0.168. The minimum absolute atomic E-state index is 0.142. The number of nitrogens with zero attached hydrogens (tertiary/aromatic N) is 2. The van der Waals surface area contributed by atoms with Crippen LogP contribution in [0.25, 0.3) is 11.2 Å². The van der Waals surface area contributed by atoms with Crippen LogP contribution >= 0.6 is 0 Å². The first kappa shape index (κ1) is 11.5. The Kier molecular flexibility index (Phi) is 3.34. The van der Waals surface area contributed by atoms with Crippen molar-refractivity contribution in [2.75, 3.05) is 6.61 Å². The molecule has 0 amide bonds. The molecule has 2 aromatic rings. The maximum Gasteiger partial charge on any atom is 0.337 e. The molecule has 0 aliphatic heterocycles. The third-order valence-corrected chi connectivity index (χ3v) is 2.46. The van der Waals surface area contributed by atoms with Gasteiger partial charge in [-0.15, -0.1) is 0 Å². The standard InChI is InChI=1S/C11H13N3O3/c15-4-2-1-3-9-13-8-5-7(11(16)17)6-12-10(8)14-9/h5-6,15H,1-4H2,(H,16,17)(H,12,13,14). The lowest BCUT2D eigenvalue weighted by Gasteiger charge is -1.93. The van der Waals surface area contributed by atoms with Crippen molar-refractivity contribution in [2.24, 2.45) is 0 Å². The number of aromatic carboxylic acids is 1. The number of hydrogen-bond acceptors (Lipinski definition) is 4. The molecule has 17 heavy (non-hydrogen) atoms. The van der Waals surface area contributed by atoms with Gasteiger partial charge in [0.05, 0.1) is 11.1 Å². The lowest BCUT2D eigenvalue weighted by Crippen LogP contribution is -1.96. The van der Waals surface area contributed by atoms with E-state index in [2.05, 4.69) is 15.0 Å². The van der Waals surface area contributed by atoms with E-state index >= 15 is 0 Å². The first-order valence-corrected chi connectivity index (χ1v) is 5.39. The maximum absolute atomic E-state index is 10.8. The number of unbranched alkanes of at least 4 members (excludes halogenated alkanes) is 1. The van der Waals surface area contributed by atoms with Gasteiger partial charge in [-0.3, -0.25) is 0 Å². The molecule has 6 nitrogen and oxygen atoms in total. The van der Waals surface area contributed by atoms with Crippen molar-refractivity contribution in [3.8, 4) is 0 Å². The quantitative estimate of drug-likeness (QED) is 0.670. The Hall–Kier alpha value is -1.95. The third kappa shape index (κ3) is 2.59. The molecule has 0 spiro atoms. The van der Waals surface area contributed by atoms with E-state index in [1.54, 1.807) is 0 Å². The third-order valence-electron chi connectivity index (χ3n) is 2.46. The highest BCUT2D eigenvalue weighted by atomic mass is 16.4. The van der Waals surface area contributed by atoms with Crippen molar-refractivity contribution >= 4 is 17.1 Å². The molecule has 6 heteroatoms. The van der Waals surface area contributed by atoms with Crippen LogP contribution in [0, 0.1) is 0 Å². The molecule has 2 aromatic heterocycles. The van der Waals surface area contributed by atoms with E-state index in [9.17, 15) is 4.79 Å². The topological polar surface area (TPSA) is 99.1 Å². The maximum atomic E-state index is 10.8. The van der Waals surface area contributed by atoms with Crippen molar-refractivity contribution < 1.29 is 15.0 Å². The van der Waals surface area contributed by atoms with Gasteiger partial charge in [0.15, 0.2) is 5.65 Å². The summed E-state index contributed by atoms with van der Waals surface area (Å²) in [6, 6.07) is 1.52. The van der Waals surface area contributed by atoms with Gasteiger partial charge in [0.2, 0.25) is 0 Å². The average molecular weight is 235 g/mol. The highest BCUT2D eigenvalue weighted by Crippen LogP contribution is 2.12. The zero-order valence-electron chi connectivity index (χ0n) is 9.18. The zero-order valence-corrected chi connectivity index (χ0v) is 9.18. The number of H-pyrrole nitrogens is 1. The molecule has 0 atom stereocenters. The predicted octanol–water partition coefficient (Wildman–Crippen LogP) is 0.971. The molecule has 0 bridgehead atoms. The second-order valence-electron chi connectivity index (χ2n) is 3.76. The van der Waals surface area contributed by atoms with Gasteiger partial charge in [-0.25, -0.2) is 14.8 Å². The van der Waals surface area contributed by atoms with Gasteiger partial charge in [0, 0.05) is 19.2 Å². The molecular weight excluding hydrogens is 222 g/mol. The average Bonchev–Trinajstić information content (AvgIpc) is 2.70. The number of aliphatic hydroxyl groups is 1. The van der Waals surface area contributed by atoms with E-state index in [0.29, 0.717) is 11.2 Å². The molecule has 0 aliphatic carbocycles. The fourth-order valence-electron chi connectivity index (χ4n) is 1.59. The van der Waals surface area contributed by atoms with Crippen molar-refractivity contribution in [1.29, 1.82) is 0 Å². The minimum atomic E-state index is -1.00. The molecule has 0 aromatic carbocycles. The number of aliphatic hydroxyl groups excluding tert-OH is 1. The lowest BCUT2D eigenvalue weighted by atomic mass is 10.2. The van der Waals surface area contributed by atoms with Gasteiger partial charge in [0.25, 0.3) is 0 Å². The van der Waals surface area contributed by atoms with Crippen molar-refractivity contribution in [1.82, 2.24) is 15.0 Å². The number of carbonyl (C=O) groups is 1. The molecule has 0 fully saturated rings. The van der Waals surface area contributed by atoms with E-state index in [-0.39, 0.29) is 12.2 Å². The molecule has 0 saturated carbocycles. The van der Waals surface area contributed by atoms with Gasteiger partial charge in [0.1, 0.15) is 5.82 Å². The van der Waals surface area contributed by atoms with Crippen molar-refractivity contribution in [2.45, 2.75) is 19.3 Å². The van der Waals surface area contributed by atoms with Gasteiger partial charge in [-0.2, -0.15) is 0 Å². The summed E-state index contributed by atoms with van der Waals surface area (Å²) in [4.78, 5) is 22.0. The summed E-state index contributed by atoms with van der Waals surface area (Å²) in [6.07, 6.45) is 3.58. The summed E-state index contributed by atoms with van der Waals surface area (Å²) >= 11 is 0. The fourth-order valence-corrected chi connectivity index (χ4v) is 1.59. The summed E-state index contributed by atoms with van der Waals surface area (Å²) in [5, 5.41) is 17.5. The first-order chi connectivity index (χ1) is 8.20. The Morgan fingerprint density at radius 1 is 1.41 bits per heavy atom. The molecule has 0 unspecified atom stereocenters. The molecule has 2 heterocycles. The van der Waals surface area contributed by atoms with E-state index in [1.165, 1.54) is 12.3 Å². The van der Waals surface area contributed by atoms with Gasteiger partial charge < -0.3 is 15.2 Å². The predicted molar refractivity (Wildman–Crippen MR) is 60.9 cm³/mol. The zero-order chi connectivity index (χ0) is 12.3. The van der Waals surface area contributed by atoms with Gasteiger partial charge >= 0.3 is 5.97 Å². The van der Waals surface area contributed by atoms with Crippen LogP contribution in [-0.4, -0.2) is 37.7 Å². The minimum Gasteiger partial charge on any atom is -0.478 e. The largest absolute Gasteiger partial charge is 0.478 e. The number of aromatic amines is 1. The number of imidazole rings is 1. The summed E-state index contributed by atoms with van der Waals surface area (Å²) < 4.78 is 0. The normalized spacial score (nSPS) is 10.9. The number of pyridine rings is 1. The van der Waals surface area contributed by atoms with Crippen LogP contribution < -0.4 is 0 Å². The number of aryl methyl sites for hydroxylation is 1. The molecule has 90 valence electrons. The highest BCUT2D eigenvalue weighted by molar-refractivity contribution is 5.90. The Balaban J connectivity index is 2.21. The van der Waals surface area contributed by atoms with Crippen LogP contribution in [0.2, 0.25) is 0 Å². The van der Waals surface area contributed by atoms with E-state index in [4.69, 9.17) is 10.2 Å². The first-order valence-electron chi connectivity index (χ1n) is 5.39. The molecule has 0 radical (unpaired) electrons. The second-order valence-corrected chi connectivity index (χ2v) is 3.76. The molecule has 0 aliphatic rings. The summed E-state index contributed by atoms with van der Waals surface area (Å²) in [7, 11) is 0. The second kappa shape index (κ2) is 4.92. The molecular formula is C11H13N3O3. The molecule has 0 saturated heterocycles. The smallest absolute Gasteiger partial charge is 0.337 e. The van der Waals surface area contributed by atoms with Crippen LogP contribution in [0.3, 0.4) is 0 Å². The summed E-state index contributed by atoms with van der Waals surface area (Å²) in [5.41, 5.74) is 1.29. The Labute approximate surface area is 97.3 Å². The number of carboxylic acids is 1. The van der Waals surface area contributed by atoms with E-state index in [0.717, 1.165) is 25.1 Å². The SMILES string of the molecule is O=C(O)c1cnc2nc(CCCCO)[nH]c2c1. The van der Waals surface area contributed by atoms with Crippen LogP contribution in [0.1, 0.15) is 29.0 Å². The fraction of sp³-hybridized carbons (Fsp3) is 0.364. The Morgan fingerprint density at radius 3 is 2.94 bits per heavy atom. The van der Waals surface area contributed by atoms with E-state index < -0.39 is 5.97 Å². The molecule has 2 rings (SSSR count). The number of carboxylic acid groups (broad SMARTS) is 1. The van der Waals surface area contributed by atoms with Gasteiger partial charge in [-0.05, 0) is 18.9 Å². The van der Waals surface area contributed by atoms with Gasteiger partial charge in [-0.1, -0.05) is 0 Å². The Bertz CT molecular complexity index is 536. The number of hydrogen-bond donors (Lipinski definition) is 3. The lowest BCUT2D eigenvalue weighted by molar-refractivity contribution is 0.0696. The van der Waals surface area contributed by atoms with Crippen molar-refractivity contribution in [3.05, 3.63) is 23.7 Å².